The molecule has 0 saturated carbocycles. The number of carbonyl (C=O) groups is 1. The van der Waals surface area contributed by atoms with Crippen LogP contribution >= 0.6 is 15.9 Å². The van der Waals surface area contributed by atoms with Crippen molar-refractivity contribution in [2.24, 2.45) is 5.10 Å². The van der Waals surface area contributed by atoms with Crippen LogP contribution in [-0.2, 0) is 11.4 Å². The van der Waals surface area contributed by atoms with Crippen molar-refractivity contribution < 1.29 is 45.7 Å². The van der Waals surface area contributed by atoms with Gasteiger partial charge in [0.25, 0.3) is 5.91 Å². The first-order chi connectivity index (χ1) is 18.6. The zero-order chi connectivity index (χ0) is 28.0. The molecule has 2 aliphatic heterocycles. The Morgan fingerprint density at radius 2 is 1.64 bits per heavy atom. The van der Waals surface area contributed by atoms with Gasteiger partial charge in [0.2, 0.25) is 12.6 Å². The van der Waals surface area contributed by atoms with Crippen LogP contribution in [0, 0.1) is 29.1 Å². The Bertz CT molecular complexity index is 1560. The van der Waals surface area contributed by atoms with Crippen LogP contribution < -0.4 is 24.0 Å². The summed E-state index contributed by atoms with van der Waals surface area (Å²) in [5.74, 6) is -10.3. The predicted octanol–water partition coefficient (Wildman–Crippen LogP) is 6.27. The normalized spacial score (nSPS) is 15.3. The van der Waals surface area contributed by atoms with Gasteiger partial charge < -0.3 is 18.9 Å². The molecule has 2 aliphatic rings. The molecule has 3 aromatic carbocycles. The second-order valence-electron chi connectivity index (χ2n) is 8.28. The van der Waals surface area contributed by atoms with E-state index in [1.165, 1.54) is 26.2 Å². The van der Waals surface area contributed by atoms with Crippen molar-refractivity contribution in [2.45, 2.75) is 13.5 Å². The molecule has 13 heteroatoms. The quantitative estimate of drug-likeness (QED) is 0.142. The van der Waals surface area contributed by atoms with E-state index in [4.69, 9.17) is 18.9 Å². The summed E-state index contributed by atoms with van der Waals surface area (Å²) in [6, 6.07) is 8.49. The summed E-state index contributed by atoms with van der Waals surface area (Å²) in [7, 11) is 1.41. The molecule has 0 fully saturated rings. The monoisotopic (exact) mass is 610 g/mol. The molecule has 7 nitrogen and oxygen atoms in total. The van der Waals surface area contributed by atoms with Crippen LogP contribution in [0.25, 0.3) is 6.08 Å². The number of rotatable bonds is 6. The molecule has 0 radical (unpaired) electrons. The Morgan fingerprint density at radius 3 is 2.33 bits per heavy atom. The van der Waals surface area contributed by atoms with Gasteiger partial charge in [-0.1, -0.05) is 22.0 Å². The van der Waals surface area contributed by atoms with E-state index in [1.54, 1.807) is 18.2 Å². The number of methoxy groups -OCH3 is 1. The van der Waals surface area contributed by atoms with E-state index in [2.05, 4.69) is 21.0 Å². The molecule has 0 aliphatic carbocycles. The van der Waals surface area contributed by atoms with Gasteiger partial charge >= 0.3 is 0 Å². The molecule has 0 unspecified atom stereocenters. The lowest BCUT2D eigenvalue weighted by molar-refractivity contribution is -0.114. The minimum Gasteiger partial charge on any atom is -0.493 e. The van der Waals surface area contributed by atoms with Crippen molar-refractivity contribution in [3.8, 4) is 23.0 Å². The highest BCUT2D eigenvalue weighted by Gasteiger charge is 2.37. The van der Waals surface area contributed by atoms with Crippen molar-refractivity contribution in [3.05, 3.63) is 80.6 Å². The number of benzene rings is 3. The third-order valence-electron chi connectivity index (χ3n) is 5.88. The van der Waals surface area contributed by atoms with Crippen LogP contribution in [0.5, 0.6) is 23.0 Å². The first kappa shape index (κ1) is 26.5. The number of hydrogen-bond donors (Lipinski definition) is 0. The summed E-state index contributed by atoms with van der Waals surface area (Å²) in [4.78, 5) is 13.0. The fourth-order valence-corrected chi connectivity index (χ4v) is 4.33. The molecule has 0 spiro atoms. The Labute approximate surface area is 226 Å². The van der Waals surface area contributed by atoms with E-state index in [9.17, 15) is 26.7 Å². The van der Waals surface area contributed by atoms with Gasteiger partial charge in [-0.05, 0) is 48.4 Å². The fraction of sp³-hybridized carbons (Fsp3) is 0.154. The van der Waals surface area contributed by atoms with E-state index in [0.29, 0.717) is 33.0 Å². The summed E-state index contributed by atoms with van der Waals surface area (Å²) in [6.45, 7) is 1.66. The maximum absolute atomic E-state index is 14.3. The molecule has 1 amide bonds. The van der Waals surface area contributed by atoms with Crippen molar-refractivity contribution in [1.82, 2.24) is 0 Å². The van der Waals surface area contributed by atoms with Gasteiger partial charge in [-0.2, -0.15) is 10.1 Å². The molecule has 2 heterocycles. The molecule has 0 saturated heterocycles. The number of carbonyl (C=O) groups excluding carboxylic acids is 1. The molecule has 202 valence electrons. The number of amides is 1. The lowest BCUT2D eigenvalue weighted by Crippen LogP contribution is -2.25. The van der Waals surface area contributed by atoms with Gasteiger partial charge in [0, 0.05) is 4.47 Å². The average molecular weight is 611 g/mol. The van der Waals surface area contributed by atoms with Crippen molar-refractivity contribution >= 4 is 39.3 Å². The highest BCUT2D eigenvalue weighted by molar-refractivity contribution is 9.10. The fourth-order valence-electron chi connectivity index (χ4n) is 3.90. The van der Waals surface area contributed by atoms with Gasteiger partial charge in [-0.3, -0.25) is 4.79 Å². The van der Waals surface area contributed by atoms with Gasteiger partial charge in [0.15, 0.2) is 46.3 Å². The molecule has 3 aromatic rings. The molecule has 0 aromatic heterocycles. The minimum atomic E-state index is -2.34. The lowest BCUT2D eigenvalue weighted by Gasteiger charge is -2.15. The summed E-state index contributed by atoms with van der Waals surface area (Å²) in [5, 5.41) is 3.88. The number of ether oxygens (including phenoxy) is 4. The van der Waals surface area contributed by atoms with Crippen LogP contribution in [0.4, 0.5) is 27.6 Å². The molecule has 39 heavy (non-hydrogen) atoms. The highest BCUT2D eigenvalue weighted by Crippen LogP contribution is 2.38. The third kappa shape index (κ3) is 4.67. The average Bonchev–Trinajstić information content (AvgIpc) is 3.50. The number of halogens is 6. The molecule has 0 atom stereocenters. The standard InChI is InChI=1S/C26H16BrF5N2O5/c1-11-14(26(35)34(33-11)25-23(31)21(29)20(28)22(30)24(25)32)6-13-7-17(36-2)19(8-15(13)27)37-9-12-3-4-16-18(5-12)39-10-38-16/h3-8H,9-10H2,1-2H3/b14-6+. The maximum atomic E-state index is 14.3. The van der Waals surface area contributed by atoms with Gasteiger partial charge in [-0.15, -0.1) is 0 Å². The van der Waals surface area contributed by atoms with Crippen LogP contribution in [0.3, 0.4) is 0 Å². The SMILES string of the molecule is COc1cc(/C=C2/C(=O)N(c3c(F)c(F)c(F)c(F)c3F)N=C2C)c(Br)cc1OCc1ccc2c(c1)OCO2. The summed E-state index contributed by atoms with van der Waals surface area (Å²) < 4.78 is 92.0. The Balaban J connectivity index is 1.42. The van der Waals surface area contributed by atoms with Gasteiger partial charge in [-0.25, -0.2) is 22.0 Å². The van der Waals surface area contributed by atoms with Crippen LogP contribution in [-0.4, -0.2) is 25.5 Å². The topological polar surface area (TPSA) is 69.6 Å². The number of hydrogen-bond acceptors (Lipinski definition) is 6. The van der Waals surface area contributed by atoms with Gasteiger partial charge in [0.05, 0.1) is 18.4 Å². The number of anilines is 1. The smallest absolute Gasteiger partial charge is 0.280 e. The van der Waals surface area contributed by atoms with E-state index in [-0.39, 0.29) is 29.7 Å². The summed E-state index contributed by atoms with van der Waals surface area (Å²) in [5.41, 5.74) is -0.434. The number of fused-ring (bicyclic) bond motifs is 1. The number of nitrogens with zero attached hydrogens (tertiary/aromatic N) is 2. The van der Waals surface area contributed by atoms with Crippen LogP contribution in [0.15, 0.2) is 45.5 Å². The van der Waals surface area contributed by atoms with Crippen LogP contribution in [0.1, 0.15) is 18.1 Å². The largest absolute Gasteiger partial charge is 0.493 e. The highest BCUT2D eigenvalue weighted by atomic mass is 79.9. The second kappa shape index (κ2) is 10.2. The summed E-state index contributed by atoms with van der Waals surface area (Å²) in [6.07, 6.45) is 1.33. The molecule has 0 bridgehead atoms. The van der Waals surface area contributed by atoms with Crippen molar-refractivity contribution in [2.75, 3.05) is 18.9 Å². The predicted molar refractivity (Wildman–Crippen MR) is 132 cm³/mol. The van der Waals surface area contributed by atoms with E-state index < -0.39 is 40.7 Å². The maximum Gasteiger partial charge on any atom is 0.280 e. The first-order valence-corrected chi connectivity index (χ1v) is 11.9. The van der Waals surface area contributed by atoms with Gasteiger partial charge in [0.1, 0.15) is 12.3 Å². The summed E-state index contributed by atoms with van der Waals surface area (Å²) >= 11 is 3.39. The Hall–Kier alpha value is -4.13. The zero-order valence-corrected chi connectivity index (χ0v) is 21.7. The molecular weight excluding hydrogens is 595 g/mol. The second-order valence-corrected chi connectivity index (χ2v) is 9.13. The Morgan fingerprint density at radius 1 is 0.974 bits per heavy atom. The molecular formula is C26H16BrF5N2O5. The van der Waals surface area contributed by atoms with Crippen LogP contribution in [0.2, 0.25) is 0 Å². The van der Waals surface area contributed by atoms with E-state index >= 15 is 0 Å². The van der Waals surface area contributed by atoms with E-state index in [0.717, 1.165) is 5.56 Å². The third-order valence-corrected chi connectivity index (χ3v) is 6.56. The van der Waals surface area contributed by atoms with Crippen molar-refractivity contribution in [3.63, 3.8) is 0 Å². The minimum absolute atomic E-state index is 0.0158. The lowest BCUT2D eigenvalue weighted by atomic mass is 10.1. The Kier molecular flexibility index (Phi) is 6.93. The first-order valence-electron chi connectivity index (χ1n) is 11.1. The number of hydrazone groups is 1. The molecule has 5 rings (SSSR count). The molecule has 0 N–H and O–H groups in total. The van der Waals surface area contributed by atoms with E-state index in [1.807, 2.05) is 6.07 Å². The zero-order valence-electron chi connectivity index (χ0n) is 20.1. The van der Waals surface area contributed by atoms with Crippen molar-refractivity contribution in [1.29, 1.82) is 0 Å².